The van der Waals surface area contributed by atoms with Crippen LogP contribution in [0.15, 0.2) is 54.6 Å². The van der Waals surface area contributed by atoms with Crippen molar-refractivity contribution in [1.29, 1.82) is 0 Å². The molecule has 0 saturated carbocycles. The van der Waals surface area contributed by atoms with Crippen molar-refractivity contribution >= 4 is 11.6 Å². The van der Waals surface area contributed by atoms with Crippen LogP contribution >= 0.6 is 0 Å². The van der Waals surface area contributed by atoms with Crippen molar-refractivity contribution < 1.29 is 9.53 Å². The molecule has 23 heavy (non-hydrogen) atoms. The molecule has 1 aromatic heterocycles. The molecule has 0 aliphatic heterocycles. The number of para-hydroxylation sites is 2. The second-order valence-corrected chi connectivity index (χ2v) is 5.08. The number of methoxy groups -OCH3 is 1. The fraction of sp³-hybridized carbons (Fsp3) is 0.111. The third-order valence-electron chi connectivity index (χ3n) is 3.50. The summed E-state index contributed by atoms with van der Waals surface area (Å²) in [5, 5.41) is 2.84. The van der Waals surface area contributed by atoms with Crippen molar-refractivity contribution in [2.45, 2.75) is 6.92 Å². The lowest BCUT2D eigenvalue weighted by molar-refractivity contribution is 0.102. The van der Waals surface area contributed by atoms with Crippen molar-refractivity contribution in [3.8, 4) is 17.1 Å². The molecule has 0 fully saturated rings. The van der Waals surface area contributed by atoms with Gasteiger partial charge in [0.25, 0.3) is 5.91 Å². The van der Waals surface area contributed by atoms with Crippen LogP contribution < -0.4 is 10.1 Å². The molecule has 0 saturated heterocycles. The number of carbonyl (C=O) groups is 1. The van der Waals surface area contributed by atoms with E-state index in [1.165, 1.54) is 0 Å². The van der Waals surface area contributed by atoms with Crippen LogP contribution in [0.1, 0.15) is 16.2 Å². The Labute approximate surface area is 134 Å². The predicted octanol–water partition coefficient (Wildman–Crippen LogP) is 3.65. The molecular weight excluding hydrogens is 290 g/mol. The number of aryl methyl sites for hydroxylation is 1. The Hall–Kier alpha value is -3.08. The minimum Gasteiger partial charge on any atom is -0.495 e. The van der Waals surface area contributed by atoms with Crippen LogP contribution in [-0.2, 0) is 0 Å². The molecule has 0 radical (unpaired) electrons. The van der Waals surface area contributed by atoms with E-state index >= 15 is 0 Å². The van der Waals surface area contributed by atoms with Gasteiger partial charge in [0.2, 0.25) is 0 Å². The average molecular weight is 307 g/mol. The lowest BCUT2D eigenvalue weighted by Gasteiger charge is -2.08. The zero-order valence-corrected chi connectivity index (χ0v) is 13.0. The largest absolute Gasteiger partial charge is 0.495 e. The third kappa shape index (κ3) is 3.08. The molecule has 5 nitrogen and oxygen atoms in total. The lowest BCUT2D eigenvalue weighted by Crippen LogP contribution is -2.14. The molecule has 0 spiro atoms. The standard InChI is InChI=1S/C18H17N3O2/c1-12-16(21-17(19-12)13-8-4-3-5-9-13)18(22)20-14-10-6-7-11-15(14)23-2/h3-11H,1-2H3,(H,19,21)(H,20,22). The van der Waals surface area contributed by atoms with Gasteiger partial charge in [-0.05, 0) is 19.1 Å². The monoisotopic (exact) mass is 307 g/mol. The van der Waals surface area contributed by atoms with Crippen LogP contribution in [0.25, 0.3) is 11.4 Å². The van der Waals surface area contributed by atoms with Crippen LogP contribution in [0, 0.1) is 6.92 Å². The second-order valence-electron chi connectivity index (χ2n) is 5.08. The first-order valence-corrected chi connectivity index (χ1v) is 7.25. The Kier molecular flexibility index (Phi) is 4.10. The van der Waals surface area contributed by atoms with E-state index in [1.807, 2.05) is 49.4 Å². The van der Waals surface area contributed by atoms with Gasteiger partial charge in [0.1, 0.15) is 17.3 Å². The Morgan fingerprint density at radius 2 is 1.78 bits per heavy atom. The van der Waals surface area contributed by atoms with Crippen molar-refractivity contribution in [3.63, 3.8) is 0 Å². The Morgan fingerprint density at radius 3 is 2.52 bits per heavy atom. The molecule has 116 valence electrons. The quantitative estimate of drug-likeness (QED) is 0.773. The number of aromatic nitrogens is 2. The van der Waals surface area contributed by atoms with Crippen molar-refractivity contribution in [1.82, 2.24) is 9.97 Å². The summed E-state index contributed by atoms with van der Waals surface area (Å²) in [5.41, 5.74) is 2.64. The number of nitrogens with one attached hydrogen (secondary N) is 2. The van der Waals surface area contributed by atoms with Gasteiger partial charge in [-0.1, -0.05) is 42.5 Å². The maximum atomic E-state index is 12.5. The normalized spacial score (nSPS) is 10.3. The highest BCUT2D eigenvalue weighted by atomic mass is 16.5. The first-order valence-electron chi connectivity index (χ1n) is 7.25. The fourth-order valence-electron chi connectivity index (χ4n) is 2.34. The summed E-state index contributed by atoms with van der Waals surface area (Å²) in [5.74, 6) is 1.01. The van der Waals surface area contributed by atoms with Gasteiger partial charge in [0.05, 0.1) is 12.8 Å². The van der Waals surface area contributed by atoms with Crippen molar-refractivity contribution in [3.05, 3.63) is 66.0 Å². The maximum Gasteiger partial charge on any atom is 0.276 e. The van der Waals surface area contributed by atoms with Gasteiger partial charge < -0.3 is 15.0 Å². The fourth-order valence-corrected chi connectivity index (χ4v) is 2.34. The molecule has 0 bridgehead atoms. The van der Waals surface area contributed by atoms with Gasteiger partial charge in [0.15, 0.2) is 0 Å². The number of amides is 1. The number of ether oxygens (including phenoxy) is 1. The zero-order chi connectivity index (χ0) is 16.2. The second kappa shape index (κ2) is 6.36. The van der Waals surface area contributed by atoms with Crippen molar-refractivity contribution in [2.24, 2.45) is 0 Å². The first kappa shape index (κ1) is 14.8. The number of rotatable bonds is 4. The molecule has 0 unspecified atom stereocenters. The van der Waals surface area contributed by atoms with E-state index in [4.69, 9.17) is 4.74 Å². The summed E-state index contributed by atoms with van der Waals surface area (Å²) < 4.78 is 5.24. The number of imidazole rings is 1. The van der Waals surface area contributed by atoms with Crippen LogP contribution in [0.4, 0.5) is 5.69 Å². The molecule has 1 amide bonds. The Bertz CT molecular complexity index is 825. The molecular formula is C18H17N3O2. The van der Waals surface area contributed by atoms with Crippen LogP contribution in [0.2, 0.25) is 0 Å². The highest BCUT2D eigenvalue weighted by Crippen LogP contribution is 2.24. The van der Waals surface area contributed by atoms with E-state index in [1.54, 1.807) is 19.2 Å². The zero-order valence-electron chi connectivity index (χ0n) is 13.0. The molecule has 1 heterocycles. The van der Waals surface area contributed by atoms with E-state index in [2.05, 4.69) is 15.3 Å². The topological polar surface area (TPSA) is 67.0 Å². The number of H-pyrrole nitrogens is 1. The number of aromatic amines is 1. The predicted molar refractivity (Wildman–Crippen MR) is 89.7 cm³/mol. The minimum atomic E-state index is -0.273. The van der Waals surface area contributed by atoms with Gasteiger partial charge in [-0.3, -0.25) is 4.79 Å². The minimum absolute atomic E-state index is 0.273. The van der Waals surface area contributed by atoms with Crippen LogP contribution in [-0.4, -0.2) is 23.0 Å². The van der Waals surface area contributed by atoms with Gasteiger partial charge in [-0.25, -0.2) is 4.98 Å². The van der Waals surface area contributed by atoms with E-state index in [-0.39, 0.29) is 5.91 Å². The van der Waals surface area contributed by atoms with Crippen LogP contribution in [0.3, 0.4) is 0 Å². The van der Waals surface area contributed by atoms with Crippen molar-refractivity contribution in [2.75, 3.05) is 12.4 Å². The highest BCUT2D eigenvalue weighted by Gasteiger charge is 2.17. The Balaban J connectivity index is 1.87. The maximum absolute atomic E-state index is 12.5. The van der Waals surface area contributed by atoms with Gasteiger partial charge in [-0.15, -0.1) is 0 Å². The molecule has 0 atom stereocenters. The number of nitrogens with zero attached hydrogens (tertiary/aromatic N) is 1. The molecule has 3 rings (SSSR count). The summed E-state index contributed by atoms with van der Waals surface area (Å²) >= 11 is 0. The number of anilines is 1. The number of hydrogen-bond donors (Lipinski definition) is 2. The SMILES string of the molecule is COc1ccccc1NC(=O)c1nc(-c2ccccc2)[nH]c1C. The summed E-state index contributed by atoms with van der Waals surface area (Å²) in [4.78, 5) is 20.1. The average Bonchev–Trinajstić information content (AvgIpc) is 2.98. The van der Waals surface area contributed by atoms with E-state index in [9.17, 15) is 4.79 Å². The third-order valence-corrected chi connectivity index (χ3v) is 3.50. The summed E-state index contributed by atoms with van der Waals surface area (Å²) in [6.45, 7) is 1.83. The molecule has 2 aromatic carbocycles. The summed E-state index contributed by atoms with van der Waals surface area (Å²) in [7, 11) is 1.57. The molecule has 2 N–H and O–H groups in total. The molecule has 3 aromatic rings. The first-order chi connectivity index (χ1) is 11.2. The Morgan fingerprint density at radius 1 is 1.09 bits per heavy atom. The molecule has 0 aliphatic rings. The number of carbonyl (C=O) groups excluding carboxylic acids is 1. The van der Waals surface area contributed by atoms with E-state index in [0.29, 0.717) is 23.0 Å². The van der Waals surface area contributed by atoms with E-state index in [0.717, 1.165) is 11.3 Å². The number of hydrogen-bond acceptors (Lipinski definition) is 3. The molecule has 0 aliphatic carbocycles. The van der Waals surface area contributed by atoms with Gasteiger partial charge in [0, 0.05) is 11.3 Å². The smallest absolute Gasteiger partial charge is 0.276 e. The lowest BCUT2D eigenvalue weighted by atomic mass is 10.2. The molecule has 5 heteroatoms. The number of benzene rings is 2. The van der Waals surface area contributed by atoms with Crippen LogP contribution in [0.5, 0.6) is 5.75 Å². The van der Waals surface area contributed by atoms with E-state index < -0.39 is 0 Å². The summed E-state index contributed by atoms with van der Waals surface area (Å²) in [6, 6.07) is 17.0. The van der Waals surface area contributed by atoms with Gasteiger partial charge >= 0.3 is 0 Å². The highest BCUT2D eigenvalue weighted by molar-refractivity contribution is 6.04. The summed E-state index contributed by atoms with van der Waals surface area (Å²) in [6.07, 6.45) is 0. The van der Waals surface area contributed by atoms with Gasteiger partial charge in [-0.2, -0.15) is 0 Å².